The van der Waals surface area contributed by atoms with E-state index in [-0.39, 0.29) is 51.5 Å². The quantitative estimate of drug-likeness (QED) is 0.0210. The second-order valence-electron chi connectivity index (χ2n) is 14.9. The number of unbranched alkanes of at least 4 members (excludes halogenated alkanes) is 1. The van der Waals surface area contributed by atoms with Crippen LogP contribution in [0.15, 0.2) is 30.3 Å². The van der Waals surface area contributed by atoms with Crippen LogP contribution in [0.4, 0.5) is 0 Å². The summed E-state index contributed by atoms with van der Waals surface area (Å²) in [6, 6.07) is -2.74. The van der Waals surface area contributed by atoms with Crippen LogP contribution < -0.4 is 60.0 Å². The summed E-state index contributed by atoms with van der Waals surface area (Å²) < 4.78 is 0. The first-order valence-electron chi connectivity index (χ1n) is 20.7. The van der Waals surface area contributed by atoms with E-state index in [0.717, 1.165) is 6.92 Å². The minimum atomic E-state index is -1.88. The van der Waals surface area contributed by atoms with E-state index in [1.54, 1.807) is 30.3 Å². The molecule has 17 N–H and O–H groups in total. The number of hydrogen-bond acceptors (Lipinski definition) is 20. The number of nitrogens with two attached hydrogens (primary N) is 2. The number of primary amides is 1. The molecule has 0 aromatic heterocycles. The largest absolute Gasteiger partial charge is 0.394 e. The number of carbonyl (C=O) groups is 9. The number of benzene rings is 1. The SMILES string of the molecule is C[C@@H](O)[C@@H]1NC(=O)[C@H](CO)NNC(C(=O)C(=O)[C@H](CO)NN[C@@H](Cc2ccccc2)C(=O)N[C@@H](CCCCN)C(N)=O)CCCCNC(=O)CCC(NN[C@H](C=O)CO)C(=O)C1=O. The highest BCUT2D eigenvalue weighted by molar-refractivity contribution is 6.41. The molecular formula is C39H63N11O13. The van der Waals surface area contributed by atoms with Crippen LogP contribution in [0.2, 0.25) is 0 Å². The lowest BCUT2D eigenvalue weighted by molar-refractivity contribution is -0.142. The van der Waals surface area contributed by atoms with Gasteiger partial charge in [0.15, 0.2) is 0 Å². The molecule has 1 aliphatic heterocycles. The van der Waals surface area contributed by atoms with Gasteiger partial charge in [-0.15, -0.1) is 0 Å². The van der Waals surface area contributed by atoms with Gasteiger partial charge in [-0.2, -0.15) is 0 Å². The van der Waals surface area contributed by atoms with E-state index in [2.05, 4.69) is 48.5 Å². The molecule has 0 aliphatic carbocycles. The number of Topliss-reactive ketones (excluding diaryl/α,β-unsaturated/α-hetero) is 4. The Labute approximate surface area is 364 Å². The van der Waals surface area contributed by atoms with Crippen molar-refractivity contribution in [1.82, 2.24) is 48.5 Å². The average molecular weight is 894 g/mol. The monoisotopic (exact) mass is 893 g/mol. The Balaban J connectivity index is 2.32. The summed E-state index contributed by atoms with van der Waals surface area (Å²) >= 11 is 0. The molecule has 24 heteroatoms. The molecule has 0 saturated carbocycles. The maximum absolute atomic E-state index is 13.8. The smallest absolute Gasteiger partial charge is 0.241 e. The number of nitrogens with one attached hydrogen (secondary N) is 9. The highest BCUT2D eigenvalue weighted by atomic mass is 16.3. The fraction of sp³-hybridized carbons (Fsp3) is 0.615. The molecule has 1 fully saturated rings. The van der Waals surface area contributed by atoms with Crippen LogP contribution in [-0.2, 0) is 49.6 Å². The van der Waals surface area contributed by atoms with E-state index in [1.807, 2.05) is 0 Å². The summed E-state index contributed by atoms with van der Waals surface area (Å²) in [4.78, 5) is 117. The Hall–Kier alpha value is -4.99. The number of hydrazine groups is 3. The summed E-state index contributed by atoms with van der Waals surface area (Å²) in [5, 5.41) is 47.6. The van der Waals surface area contributed by atoms with E-state index < -0.39 is 121 Å². The second kappa shape index (κ2) is 29.4. The number of aliphatic hydroxyl groups excluding tert-OH is 4. The molecule has 9 atom stereocenters. The zero-order chi connectivity index (χ0) is 46.9. The molecule has 352 valence electrons. The number of amides is 4. The minimum absolute atomic E-state index is 0.0281. The van der Waals surface area contributed by atoms with Crippen LogP contribution >= 0.6 is 0 Å². The zero-order valence-corrected chi connectivity index (χ0v) is 35.2. The molecule has 2 unspecified atom stereocenters. The highest BCUT2D eigenvalue weighted by Crippen LogP contribution is 2.10. The lowest BCUT2D eigenvalue weighted by Crippen LogP contribution is -2.63. The van der Waals surface area contributed by atoms with E-state index in [4.69, 9.17) is 11.5 Å². The van der Waals surface area contributed by atoms with E-state index in [1.165, 1.54) is 0 Å². The minimum Gasteiger partial charge on any atom is -0.394 e. The standard InChI is InChI=1S/C39H63N11O13/c1-22(55)32-36(60)34(58)26(46-45-24(18-51)19-52)13-14-31(56)42-16-8-6-11-25(47-50-30(21-54)39(63)44-32)33(57)35(59)29(20-53)49-48-28(17-23-9-3-2-4-10-23)38(62)43-27(37(41)61)12-5-7-15-40/h2-4,9-10,18,22,24-30,32,45-50,52-55H,5-8,11-17,19-21,40H2,1H3,(H2,41,61)(H,42,56)(H,43,62)(H,44,63)/t22-,24-,25?,26?,27+,28+,29+,30+,32+/m1/s1. The van der Waals surface area contributed by atoms with Crippen molar-refractivity contribution in [2.75, 3.05) is 32.9 Å². The Bertz CT molecular complexity index is 1670. The van der Waals surface area contributed by atoms with Crippen molar-refractivity contribution in [3.63, 3.8) is 0 Å². The van der Waals surface area contributed by atoms with Gasteiger partial charge in [-0.05, 0) is 70.4 Å². The van der Waals surface area contributed by atoms with Crippen LogP contribution in [0.1, 0.15) is 63.9 Å². The van der Waals surface area contributed by atoms with Crippen LogP contribution in [0.3, 0.4) is 0 Å². The van der Waals surface area contributed by atoms with Crippen LogP contribution in [-0.4, -0.2) is 161 Å². The molecule has 1 saturated heterocycles. The van der Waals surface area contributed by atoms with Crippen molar-refractivity contribution in [3.8, 4) is 0 Å². The van der Waals surface area contributed by atoms with E-state index in [9.17, 15) is 63.6 Å². The highest BCUT2D eigenvalue weighted by Gasteiger charge is 2.38. The number of carbonyl (C=O) groups excluding carboxylic acids is 9. The third kappa shape index (κ3) is 18.7. The molecule has 4 amide bonds. The molecule has 1 aromatic carbocycles. The first-order valence-corrected chi connectivity index (χ1v) is 20.7. The summed E-state index contributed by atoms with van der Waals surface area (Å²) in [7, 11) is 0. The Morgan fingerprint density at radius 1 is 0.889 bits per heavy atom. The normalized spacial score (nSPS) is 22.2. The summed E-state index contributed by atoms with van der Waals surface area (Å²) in [5.74, 6) is -7.94. The Morgan fingerprint density at radius 2 is 1.59 bits per heavy atom. The van der Waals surface area contributed by atoms with E-state index in [0.29, 0.717) is 31.2 Å². The van der Waals surface area contributed by atoms with Gasteiger partial charge in [0.1, 0.15) is 36.5 Å². The molecule has 1 aliphatic rings. The summed E-state index contributed by atoms with van der Waals surface area (Å²) in [6.45, 7) is -1.04. The molecule has 0 radical (unpaired) electrons. The number of aliphatic hydroxyl groups is 4. The third-order valence-electron chi connectivity index (χ3n) is 9.95. The van der Waals surface area contributed by atoms with Gasteiger partial charge in [0, 0.05) is 13.0 Å². The lowest BCUT2D eigenvalue weighted by Gasteiger charge is -2.27. The molecule has 0 bridgehead atoms. The van der Waals surface area contributed by atoms with Crippen LogP contribution in [0.5, 0.6) is 0 Å². The topological polar surface area (TPSA) is 395 Å². The first kappa shape index (κ1) is 54.1. The predicted molar refractivity (Wildman–Crippen MR) is 223 cm³/mol. The van der Waals surface area contributed by atoms with Gasteiger partial charge in [-0.3, -0.25) is 38.4 Å². The molecule has 2 rings (SSSR count). The van der Waals surface area contributed by atoms with Gasteiger partial charge in [-0.1, -0.05) is 30.3 Å². The zero-order valence-electron chi connectivity index (χ0n) is 35.2. The number of aldehydes is 1. The number of rotatable bonds is 23. The third-order valence-corrected chi connectivity index (χ3v) is 9.95. The van der Waals surface area contributed by atoms with Gasteiger partial charge >= 0.3 is 0 Å². The maximum atomic E-state index is 13.8. The van der Waals surface area contributed by atoms with Crippen molar-refractivity contribution in [3.05, 3.63) is 35.9 Å². The summed E-state index contributed by atoms with van der Waals surface area (Å²) in [5.41, 5.74) is 26.8. The Kier molecular flexibility index (Phi) is 25.3. The molecule has 0 spiro atoms. The lowest BCUT2D eigenvalue weighted by atomic mass is 9.96. The van der Waals surface area contributed by atoms with E-state index >= 15 is 0 Å². The summed E-state index contributed by atoms with van der Waals surface area (Å²) in [6.07, 6.45) is -0.289. The molecular weight excluding hydrogens is 830 g/mol. The first-order chi connectivity index (χ1) is 30.1. The number of ketones is 4. The van der Waals surface area contributed by atoms with Crippen molar-refractivity contribution >= 4 is 53.0 Å². The molecule has 1 heterocycles. The Morgan fingerprint density at radius 3 is 2.19 bits per heavy atom. The van der Waals surface area contributed by atoms with Gasteiger partial charge in [0.2, 0.25) is 46.8 Å². The van der Waals surface area contributed by atoms with Crippen LogP contribution in [0, 0.1) is 0 Å². The van der Waals surface area contributed by atoms with Crippen molar-refractivity contribution < 1.29 is 63.6 Å². The van der Waals surface area contributed by atoms with Crippen molar-refractivity contribution in [2.45, 2.75) is 119 Å². The predicted octanol–water partition coefficient (Wildman–Crippen LogP) is -6.78. The molecule has 24 nitrogen and oxygen atoms in total. The van der Waals surface area contributed by atoms with Crippen molar-refractivity contribution in [1.29, 1.82) is 0 Å². The maximum Gasteiger partial charge on any atom is 0.241 e. The average Bonchev–Trinajstić information content (AvgIpc) is 3.27. The fourth-order valence-corrected chi connectivity index (χ4v) is 6.16. The van der Waals surface area contributed by atoms with Gasteiger partial charge in [0.05, 0.1) is 44.1 Å². The molecule has 1 aromatic rings. The fourth-order valence-electron chi connectivity index (χ4n) is 6.16. The molecule has 63 heavy (non-hydrogen) atoms. The van der Waals surface area contributed by atoms with Gasteiger partial charge < -0.3 is 52.6 Å². The van der Waals surface area contributed by atoms with Crippen LogP contribution in [0.25, 0.3) is 0 Å². The second-order valence-corrected chi connectivity index (χ2v) is 14.9. The van der Waals surface area contributed by atoms with Crippen molar-refractivity contribution in [2.24, 2.45) is 11.5 Å². The van der Waals surface area contributed by atoms with Gasteiger partial charge in [-0.25, -0.2) is 32.6 Å². The number of hydrogen-bond donors (Lipinski definition) is 15. The van der Waals surface area contributed by atoms with Gasteiger partial charge in [0.25, 0.3) is 0 Å².